The molecule has 0 heterocycles. The minimum atomic E-state index is -0.0522. The van der Waals surface area contributed by atoms with Crippen molar-refractivity contribution in [2.24, 2.45) is 5.16 Å². The summed E-state index contributed by atoms with van der Waals surface area (Å²) in [6.45, 7) is 5.86. The molecular formula is C19H21NO3. The minimum Gasteiger partial charge on any atom is -0.497 e. The maximum atomic E-state index is 12.6. The van der Waals surface area contributed by atoms with Crippen LogP contribution < -0.4 is 4.74 Å². The molecule has 0 aromatic heterocycles. The van der Waals surface area contributed by atoms with Crippen molar-refractivity contribution in [2.45, 2.75) is 27.2 Å². The Hall–Kier alpha value is -2.62. The van der Waals surface area contributed by atoms with Crippen molar-refractivity contribution in [3.05, 3.63) is 64.2 Å². The molecule has 120 valence electrons. The van der Waals surface area contributed by atoms with Crippen LogP contribution in [-0.2, 0) is 0 Å². The number of benzene rings is 2. The van der Waals surface area contributed by atoms with Crippen LogP contribution in [0.1, 0.15) is 39.0 Å². The first-order chi connectivity index (χ1) is 11.0. The summed E-state index contributed by atoms with van der Waals surface area (Å²) in [5.74, 6) is 0.659. The first-order valence-electron chi connectivity index (χ1n) is 7.42. The molecule has 0 aliphatic rings. The number of methoxy groups -OCH3 is 1. The van der Waals surface area contributed by atoms with Crippen molar-refractivity contribution < 1.29 is 14.7 Å². The predicted octanol–water partition coefficient (Wildman–Crippen LogP) is 4.07. The van der Waals surface area contributed by atoms with Crippen LogP contribution in [0.15, 0.2) is 41.6 Å². The molecule has 2 aromatic rings. The normalized spacial score (nSPS) is 11.4. The summed E-state index contributed by atoms with van der Waals surface area (Å²) in [5, 5.41) is 12.6. The molecule has 2 rings (SSSR count). The van der Waals surface area contributed by atoms with Crippen molar-refractivity contribution in [3.63, 3.8) is 0 Å². The number of oxime groups is 1. The van der Waals surface area contributed by atoms with E-state index in [-0.39, 0.29) is 12.2 Å². The highest BCUT2D eigenvalue weighted by Gasteiger charge is 2.17. The van der Waals surface area contributed by atoms with Gasteiger partial charge in [-0.15, -0.1) is 0 Å². The Kier molecular flexibility index (Phi) is 5.16. The zero-order chi connectivity index (χ0) is 17.0. The summed E-state index contributed by atoms with van der Waals surface area (Å²) >= 11 is 0. The van der Waals surface area contributed by atoms with Crippen LogP contribution in [0.5, 0.6) is 5.75 Å². The van der Waals surface area contributed by atoms with E-state index < -0.39 is 0 Å². The van der Waals surface area contributed by atoms with Crippen molar-refractivity contribution in [1.82, 2.24) is 0 Å². The second kappa shape index (κ2) is 7.09. The number of hydrogen-bond acceptors (Lipinski definition) is 4. The summed E-state index contributed by atoms with van der Waals surface area (Å²) in [6, 6.07) is 11.1. The lowest BCUT2D eigenvalue weighted by molar-refractivity contribution is 0.0998. The van der Waals surface area contributed by atoms with Crippen molar-refractivity contribution in [2.75, 3.05) is 7.11 Å². The highest BCUT2D eigenvalue weighted by Crippen LogP contribution is 2.20. The Morgan fingerprint density at radius 2 is 1.65 bits per heavy atom. The van der Waals surface area contributed by atoms with Gasteiger partial charge in [0.15, 0.2) is 5.78 Å². The van der Waals surface area contributed by atoms with Gasteiger partial charge in [0, 0.05) is 11.1 Å². The maximum absolute atomic E-state index is 12.6. The summed E-state index contributed by atoms with van der Waals surface area (Å²) in [4.78, 5) is 12.6. The number of carbonyl (C=O) groups excluding carboxylic acids is 1. The molecule has 0 fully saturated rings. The first kappa shape index (κ1) is 16.7. The van der Waals surface area contributed by atoms with Crippen LogP contribution in [0, 0.1) is 20.8 Å². The lowest BCUT2D eigenvalue weighted by atomic mass is 9.93. The number of hydrogen-bond donors (Lipinski definition) is 1. The maximum Gasteiger partial charge on any atom is 0.169 e. The molecular weight excluding hydrogens is 290 g/mol. The topological polar surface area (TPSA) is 58.9 Å². The van der Waals surface area contributed by atoms with E-state index >= 15 is 0 Å². The van der Waals surface area contributed by atoms with Crippen molar-refractivity contribution in [3.8, 4) is 5.75 Å². The fraction of sp³-hybridized carbons (Fsp3) is 0.263. The number of Topliss-reactive ketones (excluding diaryl/α,β-unsaturated/α-hetero) is 1. The molecule has 0 spiro atoms. The minimum absolute atomic E-state index is 0.0492. The average molecular weight is 311 g/mol. The molecule has 0 saturated heterocycles. The third kappa shape index (κ3) is 3.77. The summed E-state index contributed by atoms with van der Waals surface area (Å²) in [7, 11) is 1.59. The van der Waals surface area contributed by atoms with Gasteiger partial charge in [-0.1, -0.05) is 22.9 Å². The molecule has 2 aromatic carbocycles. The lowest BCUT2D eigenvalue weighted by Gasteiger charge is -2.11. The molecule has 0 aliphatic heterocycles. The van der Waals surface area contributed by atoms with E-state index in [4.69, 9.17) is 4.74 Å². The van der Waals surface area contributed by atoms with Gasteiger partial charge in [-0.2, -0.15) is 0 Å². The van der Waals surface area contributed by atoms with Gasteiger partial charge in [-0.3, -0.25) is 4.79 Å². The highest BCUT2D eigenvalue weighted by atomic mass is 16.5. The smallest absolute Gasteiger partial charge is 0.169 e. The molecule has 4 heteroatoms. The standard InChI is InChI=1S/C19H21NO3/c1-12-9-13(2)19(14(3)10-12)18(21)11-17(20-22)15-5-7-16(23-4)8-6-15/h5-10,22H,11H2,1-4H3/b20-17-. The van der Waals surface area contributed by atoms with Crippen LogP contribution in [0.25, 0.3) is 0 Å². The van der Waals surface area contributed by atoms with E-state index in [2.05, 4.69) is 5.16 Å². The fourth-order valence-electron chi connectivity index (χ4n) is 2.84. The predicted molar refractivity (Wildman–Crippen MR) is 90.9 cm³/mol. The van der Waals surface area contributed by atoms with Gasteiger partial charge in [0.25, 0.3) is 0 Å². The third-order valence-electron chi connectivity index (χ3n) is 3.83. The Balaban J connectivity index is 2.27. The number of carbonyl (C=O) groups is 1. The van der Waals surface area contributed by atoms with E-state index in [0.717, 1.165) is 16.7 Å². The Labute approximate surface area is 136 Å². The number of nitrogens with zero attached hydrogens (tertiary/aromatic N) is 1. The second-order valence-corrected chi connectivity index (χ2v) is 5.65. The number of rotatable bonds is 5. The fourth-order valence-corrected chi connectivity index (χ4v) is 2.84. The molecule has 0 atom stereocenters. The average Bonchev–Trinajstić information content (AvgIpc) is 2.51. The van der Waals surface area contributed by atoms with Crippen LogP contribution in [0.2, 0.25) is 0 Å². The van der Waals surface area contributed by atoms with Gasteiger partial charge >= 0.3 is 0 Å². The molecule has 0 bridgehead atoms. The van der Waals surface area contributed by atoms with E-state index in [0.29, 0.717) is 22.6 Å². The van der Waals surface area contributed by atoms with Crippen LogP contribution in [0.3, 0.4) is 0 Å². The van der Waals surface area contributed by atoms with E-state index in [1.165, 1.54) is 0 Å². The van der Waals surface area contributed by atoms with Crippen molar-refractivity contribution >= 4 is 11.5 Å². The zero-order valence-electron chi connectivity index (χ0n) is 13.9. The molecule has 4 nitrogen and oxygen atoms in total. The van der Waals surface area contributed by atoms with Gasteiger partial charge in [-0.05, 0) is 56.2 Å². The van der Waals surface area contributed by atoms with Crippen LogP contribution in [0.4, 0.5) is 0 Å². The summed E-state index contributed by atoms with van der Waals surface area (Å²) in [6.07, 6.45) is 0.0492. The summed E-state index contributed by atoms with van der Waals surface area (Å²) in [5.41, 5.74) is 4.76. The molecule has 0 unspecified atom stereocenters. The van der Waals surface area contributed by atoms with Gasteiger partial charge in [0.1, 0.15) is 5.75 Å². The molecule has 0 radical (unpaired) electrons. The third-order valence-corrected chi connectivity index (χ3v) is 3.83. The molecule has 0 saturated carbocycles. The second-order valence-electron chi connectivity index (χ2n) is 5.65. The van der Waals surface area contributed by atoms with Gasteiger partial charge in [0.2, 0.25) is 0 Å². The van der Waals surface area contributed by atoms with Crippen LogP contribution >= 0.6 is 0 Å². The number of aryl methyl sites for hydroxylation is 3. The zero-order valence-corrected chi connectivity index (χ0v) is 13.9. The summed E-state index contributed by atoms with van der Waals surface area (Å²) < 4.78 is 5.11. The quantitative estimate of drug-likeness (QED) is 0.392. The number of ketones is 1. The SMILES string of the molecule is COc1ccc(/C(CC(=O)c2c(C)cc(C)cc2C)=N\O)cc1. The molecule has 0 amide bonds. The van der Waals surface area contributed by atoms with Crippen molar-refractivity contribution in [1.29, 1.82) is 0 Å². The Morgan fingerprint density at radius 3 is 2.13 bits per heavy atom. The highest BCUT2D eigenvalue weighted by molar-refractivity contribution is 6.16. The Bertz CT molecular complexity index is 723. The Morgan fingerprint density at radius 1 is 1.09 bits per heavy atom. The first-order valence-corrected chi connectivity index (χ1v) is 7.42. The van der Waals surface area contributed by atoms with E-state index in [1.54, 1.807) is 31.4 Å². The van der Waals surface area contributed by atoms with Crippen LogP contribution in [-0.4, -0.2) is 23.8 Å². The molecule has 0 aliphatic carbocycles. The number of ether oxygens (including phenoxy) is 1. The van der Waals surface area contributed by atoms with Gasteiger partial charge in [-0.25, -0.2) is 0 Å². The monoisotopic (exact) mass is 311 g/mol. The molecule has 1 N–H and O–H groups in total. The lowest BCUT2D eigenvalue weighted by Crippen LogP contribution is -2.12. The largest absolute Gasteiger partial charge is 0.497 e. The van der Waals surface area contributed by atoms with E-state index in [9.17, 15) is 10.0 Å². The van der Waals surface area contributed by atoms with E-state index in [1.807, 2.05) is 32.9 Å². The van der Waals surface area contributed by atoms with Gasteiger partial charge < -0.3 is 9.94 Å². The van der Waals surface area contributed by atoms with Gasteiger partial charge in [0.05, 0.1) is 19.2 Å². The molecule has 23 heavy (non-hydrogen) atoms.